The third-order valence-electron chi connectivity index (χ3n) is 9.46. The van der Waals surface area contributed by atoms with Crippen LogP contribution in [-0.2, 0) is 33.3 Å². The number of ether oxygens (including phenoxy) is 4. The van der Waals surface area contributed by atoms with Crippen molar-refractivity contribution in [2.45, 2.75) is 92.1 Å². The minimum atomic E-state index is -0.930. The molecule has 3 saturated carbocycles. The summed E-state index contributed by atoms with van der Waals surface area (Å²) in [6, 6.07) is 0. The van der Waals surface area contributed by atoms with E-state index in [-0.39, 0.29) is 22.7 Å². The summed E-state index contributed by atoms with van der Waals surface area (Å²) in [6.45, 7) is 9.86. The molecule has 1 spiro atoms. The smallest absolute Gasteiger partial charge is 0.309 e. The molecule has 0 amide bonds. The SMILES string of the molecule is COC(=O)[C@@H]1CC[C@H]2[C@@]3(C)CCCC(C)(C)[C@@H]3CC[C@]23[C@H](OC(C)=O)O[C@@H](OC(C)=O)[C@H]13. The summed E-state index contributed by atoms with van der Waals surface area (Å²) in [5, 5.41) is 0. The molecule has 1 saturated heterocycles. The predicted molar refractivity (Wildman–Crippen MR) is 115 cm³/mol. The lowest BCUT2D eigenvalue weighted by atomic mass is 9.38. The Morgan fingerprint density at radius 3 is 2.19 bits per heavy atom. The van der Waals surface area contributed by atoms with Gasteiger partial charge in [0.1, 0.15) is 0 Å². The number of esters is 3. The lowest BCUT2D eigenvalue weighted by Gasteiger charge is -2.65. The lowest BCUT2D eigenvalue weighted by molar-refractivity contribution is -0.245. The van der Waals surface area contributed by atoms with Gasteiger partial charge in [-0.3, -0.25) is 14.4 Å². The van der Waals surface area contributed by atoms with Crippen LogP contribution in [0, 0.1) is 39.9 Å². The highest BCUT2D eigenvalue weighted by atomic mass is 16.8. The van der Waals surface area contributed by atoms with Crippen molar-refractivity contribution in [2.24, 2.45) is 39.9 Å². The standard InChI is InChI=1S/C25H38O7/c1-14(26)30-21-19-16(20(28)29-6)8-9-18-24(5)12-7-11-23(3,4)17(24)10-13-25(18,19)22(32-21)31-15(2)27/h16-19,21-22H,7-13H2,1-6H3/t16-,17+,18+,19+,21-,22-,24+,25+/m1/s1. The number of fused-ring (bicyclic) bond motifs is 2. The van der Waals surface area contributed by atoms with Gasteiger partial charge >= 0.3 is 17.9 Å². The van der Waals surface area contributed by atoms with Gasteiger partial charge in [-0.15, -0.1) is 0 Å². The topological polar surface area (TPSA) is 88.1 Å². The fourth-order valence-electron chi connectivity index (χ4n) is 8.57. The molecule has 0 aromatic carbocycles. The average Bonchev–Trinajstić information content (AvgIpc) is 2.98. The molecule has 4 fully saturated rings. The van der Waals surface area contributed by atoms with Gasteiger partial charge in [-0.2, -0.15) is 0 Å². The minimum Gasteiger partial charge on any atom is -0.469 e. The van der Waals surface area contributed by atoms with Crippen molar-refractivity contribution >= 4 is 17.9 Å². The van der Waals surface area contributed by atoms with Gasteiger partial charge in [0.2, 0.25) is 12.6 Å². The summed E-state index contributed by atoms with van der Waals surface area (Å²) in [6.07, 6.45) is 4.94. The Bertz CT molecular complexity index is 791. The van der Waals surface area contributed by atoms with Crippen LogP contribution in [0.2, 0.25) is 0 Å². The van der Waals surface area contributed by atoms with Crippen LogP contribution in [0.5, 0.6) is 0 Å². The Kier molecular flexibility index (Phi) is 5.88. The highest BCUT2D eigenvalue weighted by molar-refractivity contribution is 5.73. The Labute approximate surface area is 190 Å². The third-order valence-corrected chi connectivity index (χ3v) is 9.46. The van der Waals surface area contributed by atoms with E-state index in [0.29, 0.717) is 12.3 Å². The predicted octanol–water partition coefficient (Wildman–Crippen LogP) is 4.22. The zero-order chi connectivity index (χ0) is 23.5. The highest BCUT2D eigenvalue weighted by Crippen LogP contribution is 2.72. The van der Waals surface area contributed by atoms with Gasteiger partial charge in [0.25, 0.3) is 0 Å². The largest absolute Gasteiger partial charge is 0.469 e. The molecule has 4 aliphatic rings. The molecule has 0 N–H and O–H groups in total. The van der Waals surface area contributed by atoms with E-state index in [9.17, 15) is 14.4 Å². The fourth-order valence-corrected chi connectivity index (χ4v) is 8.57. The monoisotopic (exact) mass is 450 g/mol. The molecule has 7 heteroatoms. The van der Waals surface area contributed by atoms with E-state index in [1.807, 2.05) is 0 Å². The molecule has 3 aliphatic carbocycles. The van der Waals surface area contributed by atoms with E-state index in [1.54, 1.807) is 0 Å². The quantitative estimate of drug-likeness (QED) is 0.470. The molecular weight excluding hydrogens is 412 g/mol. The first-order valence-electron chi connectivity index (χ1n) is 12.0. The molecule has 1 heterocycles. The molecule has 0 bridgehead atoms. The van der Waals surface area contributed by atoms with Crippen LogP contribution in [0.15, 0.2) is 0 Å². The van der Waals surface area contributed by atoms with Crippen molar-refractivity contribution in [3.8, 4) is 0 Å². The number of carbonyl (C=O) groups excluding carboxylic acids is 3. The first kappa shape index (κ1) is 23.5. The maximum Gasteiger partial charge on any atom is 0.309 e. The molecule has 0 radical (unpaired) electrons. The van der Waals surface area contributed by atoms with Gasteiger partial charge in [-0.25, -0.2) is 0 Å². The molecule has 0 aromatic heterocycles. The summed E-state index contributed by atoms with van der Waals surface area (Å²) in [7, 11) is 1.39. The van der Waals surface area contributed by atoms with Crippen LogP contribution in [0.3, 0.4) is 0 Å². The van der Waals surface area contributed by atoms with Crippen molar-refractivity contribution in [3.05, 3.63) is 0 Å². The van der Waals surface area contributed by atoms with E-state index in [0.717, 1.165) is 32.1 Å². The van der Waals surface area contributed by atoms with Crippen LogP contribution in [0.1, 0.15) is 79.6 Å². The second-order valence-electron chi connectivity index (χ2n) is 11.4. The number of hydrogen-bond acceptors (Lipinski definition) is 7. The van der Waals surface area contributed by atoms with Gasteiger partial charge in [0.15, 0.2) is 0 Å². The minimum absolute atomic E-state index is 0.0339. The van der Waals surface area contributed by atoms with Gasteiger partial charge in [-0.05, 0) is 61.2 Å². The Hall–Kier alpha value is -1.63. The van der Waals surface area contributed by atoms with Gasteiger partial charge < -0.3 is 18.9 Å². The third kappa shape index (κ3) is 3.37. The number of carbonyl (C=O) groups is 3. The summed E-state index contributed by atoms with van der Waals surface area (Å²) in [5.41, 5.74) is -0.317. The summed E-state index contributed by atoms with van der Waals surface area (Å²) in [5.74, 6) is -1.33. The molecule has 1 aliphatic heterocycles. The summed E-state index contributed by atoms with van der Waals surface area (Å²) < 4.78 is 22.8. The molecule has 0 aromatic rings. The highest BCUT2D eigenvalue weighted by Gasteiger charge is 2.73. The molecule has 7 nitrogen and oxygen atoms in total. The van der Waals surface area contributed by atoms with Crippen molar-refractivity contribution in [2.75, 3.05) is 7.11 Å². The maximum absolute atomic E-state index is 12.9. The second-order valence-corrected chi connectivity index (χ2v) is 11.4. The fraction of sp³-hybridized carbons (Fsp3) is 0.880. The Morgan fingerprint density at radius 1 is 0.875 bits per heavy atom. The number of hydrogen-bond donors (Lipinski definition) is 0. The van der Waals surface area contributed by atoms with Crippen molar-refractivity contribution < 1.29 is 33.3 Å². The van der Waals surface area contributed by atoms with Gasteiger partial charge in [0.05, 0.1) is 13.0 Å². The Balaban J connectivity index is 1.84. The Morgan fingerprint density at radius 2 is 1.56 bits per heavy atom. The first-order chi connectivity index (χ1) is 15.0. The molecule has 32 heavy (non-hydrogen) atoms. The molecule has 180 valence electrons. The van der Waals surface area contributed by atoms with Crippen molar-refractivity contribution in [1.29, 1.82) is 0 Å². The van der Waals surface area contributed by atoms with E-state index in [2.05, 4.69) is 20.8 Å². The maximum atomic E-state index is 12.9. The van der Waals surface area contributed by atoms with Crippen LogP contribution >= 0.6 is 0 Å². The zero-order valence-electron chi connectivity index (χ0n) is 20.3. The number of methoxy groups -OCH3 is 1. The number of rotatable bonds is 3. The van der Waals surface area contributed by atoms with Crippen LogP contribution in [-0.4, -0.2) is 37.6 Å². The second kappa shape index (κ2) is 8.00. The van der Waals surface area contributed by atoms with Gasteiger partial charge in [0, 0.05) is 25.2 Å². The normalized spacial score (nSPS) is 44.4. The van der Waals surface area contributed by atoms with Gasteiger partial charge in [-0.1, -0.05) is 27.2 Å². The first-order valence-corrected chi connectivity index (χ1v) is 12.0. The van der Waals surface area contributed by atoms with Crippen molar-refractivity contribution in [3.63, 3.8) is 0 Å². The molecular formula is C25H38O7. The molecule has 4 rings (SSSR count). The van der Waals surface area contributed by atoms with Crippen molar-refractivity contribution in [1.82, 2.24) is 0 Å². The zero-order valence-corrected chi connectivity index (χ0v) is 20.3. The summed E-state index contributed by atoms with van der Waals surface area (Å²) in [4.78, 5) is 36.9. The summed E-state index contributed by atoms with van der Waals surface area (Å²) >= 11 is 0. The van der Waals surface area contributed by atoms with E-state index < -0.39 is 41.8 Å². The van der Waals surface area contributed by atoms with Crippen LogP contribution < -0.4 is 0 Å². The van der Waals surface area contributed by atoms with Crippen LogP contribution in [0.4, 0.5) is 0 Å². The van der Waals surface area contributed by atoms with E-state index >= 15 is 0 Å². The average molecular weight is 451 g/mol. The van der Waals surface area contributed by atoms with Crippen LogP contribution in [0.25, 0.3) is 0 Å². The molecule has 8 atom stereocenters. The van der Waals surface area contributed by atoms with E-state index in [1.165, 1.54) is 27.4 Å². The lowest BCUT2D eigenvalue weighted by Crippen LogP contribution is -2.63. The molecule has 0 unspecified atom stereocenters. The van der Waals surface area contributed by atoms with E-state index in [4.69, 9.17) is 18.9 Å².